The van der Waals surface area contributed by atoms with E-state index in [1.54, 1.807) is 6.20 Å². The summed E-state index contributed by atoms with van der Waals surface area (Å²) in [5.74, 6) is 0.0614. The first-order valence-corrected chi connectivity index (χ1v) is 6.83. The molecule has 0 aliphatic carbocycles. The first kappa shape index (κ1) is 14.2. The molecule has 1 amide bonds. The summed E-state index contributed by atoms with van der Waals surface area (Å²) >= 11 is 0. The van der Waals surface area contributed by atoms with Crippen molar-refractivity contribution in [3.05, 3.63) is 47.5 Å². The van der Waals surface area contributed by atoms with Crippen LogP contribution in [0.3, 0.4) is 0 Å². The van der Waals surface area contributed by atoms with Crippen LogP contribution in [0.4, 0.5) is 0 Å². The zero-order chi connectivity index (χ0) is 14.4. The van der Waals surface area contributed by atoms with Gasteiger partial charge in [0.15, 0.2) is 0 Å². The molecule has 2 aromatic rings. The molecule has 0 aromatic carbocycles. The predicted molar refractivity (Wildman–Crippen MR) is 77.2 cm³/mol. The molecule has 1 atom stereocenters. The number of aryl methyl sites for hydroxylation is 2. The van der Waals surface area contributed by atoms with E-state index >= 15 is 0 Å². The summed E-state index contributed by atoms with van der Waals surface area (Å²) < 4.78 is 0. The molecule has 5 heteroatoms. The minimum Gasteiger partial charge on any atom is -0.353 e. The third-order valence-electron chi connectivity index (χ3n) is 3.06. The van der Waals surface area contributed by atoms with Gasteiger partial charge in [-0.2, -0.15) is 5.10 Å². The fraction of sp³-hybridized carbons (Fsp3) is 0.400. The van der Waals surface area contributed by atoms with Gasteiger partial charge in [-0.1, -0.05) is 6.07 Å². The Labute approximate surface area is 118 Å². The normalized spacial score (nSPS) is 12.1. The number of carbonyl (C=O) groups is 1. The molecule has 106 valence electrons. The van der Waals surface area contributed by atoms with Gasteiger partial charge in [0, 0.05) is 36.5 Å². The summed E-state index contributed by atoms with van der Waals surface area (Å²) in [6, 6.07) is 6.03. The van der Waals surface area contributed by atoms with E-state index in [1.165, 1.54) is 0 Å². The van der Waals surface area contributed by atoms with Gasteiger partial charge in [-0.15, -0.1) is 0 Å². The number of H-pyrrole nitrogens is 1. The van der Waals surface area contributed by atoms with E-state index < -0.39 is 0 Å². The number of pyridine rings is 1. The predicted octanol–water partition coefficient (Wildman–Crippen LogP) is 1.79. The zero-order valence-electron chi connectivity index (χ0n) is 11.9. The summed E-state index contributed by atoms with van der Waals surface area (Å²) in [6.07, 6.45) is 5.49. The lowest BCUT2D eigenvalue weighted by Crippen LogP contribution is -2.34. The highest BCUT2D eigenvalue weighted by molar-refractivity contribution is 5.76. The number of nitrogens with one attached hydrogen (secondary N) is 2. The van der Waals surface area contributed by atoms with Gasteiger partial charge in [0.2, 0.25) is 5.91 Å². The Morgan fingerprint density at radius 1 is 1.45 bits per heavy atom. The number of nitrogens with zero attached hydrogens (tertiary/aromatic N) is 2. The van der Waals surface area contributed by atoms with Crippen LogP contribution in [0.5, 0.6) is 0 Å². The average Bonchev–Trinajstić information content (AvgIpc) is 2.89. The maximum atomic E-state index is 11.8. The van der Waals surface area contributed by atoms with Crippen LogP contribution in [0.1, 0.15) is 30.3 Å². The second-order valence-electron chi connectivity index (χ2n) is 5.05. The van der Waals surface area contributed by atoms with Crippen LogP contribution in [0.15, 0.2) is 30.6 Å². The lowest BCUT2D eigenvalue weighted by Gasteiger charge is -2.13. The maximum absolute atomic E-state index is 11.8. The Hall–Kier alpha value is -2.17. The Kier molecular flexibility index (Phi) is 4.87. The summed E-state index contributed by atoms with van der Waals surface area (Å²) in [4.78, 5) is 16.3. The SMILES string of the molecule is Cc1cccc(CC(C)NC(=O)CCc2cn[nH]c2)n1. The third kappa shape index (κ3) is 4.50. The standard InChI is InChI=1S/C15H20N4O/c1-11-4-3-5-14(18-11)8-12(2)19-15(20)7-6-13-9-16-17-10-13/h3-5,9-10,12H,6-8H2,1-2H3,(H,16,17)(H,19,20). The average molecular weight is 272 g/mol. The highest BCUT2D eigenvalue weighted by Gasteiger charge is 2.09. The topological polar surface area (TPSA) is 70.7 Å². The van der Waals surface area contributed by atoms with E-state index in [2.05, 4.69) is 20.5 Å². The van der Waals surface area contributed by atoms with Crippen molar-refractivity contribution in [1.82, 2.24) is 20.5 Å². The third-order valence-corrected chi connectivity index (χ3v) is 3.06. The molecule has 0 aliphatic heterocycles. The molecule has 5 nitrogen and oxygen atoms in total. The van der Waals surface area contributed by atoms with Crippen molar-refractivity contribution >= 4 is 5.91 Å². The van der Waals surface area contributed by atoms with Crippen molar-refractivity contribution in [2.24, 2.45) is 0 Å². The number of aromatic nitrogens is 3. The van der Waals surface area contributed by atoms with Crippen LogP contribution >= 0.6 is 0 Å². The monoisotopic (exact) mass is 272 g/mol. The van der Waals surface area contributed by atoms with Crippen molar-refractivity contribution in [3.8, 4) is 0 Å². The second-order valence-corrected chi connectivity index (χ2v) is 5.05. The van der Waals surface area contributed by atoms with Crippen molar-refractivity contribution in [2.75, 3.05) is 0 Å². The molecule has 0 aliphatic rings. The van der Waals surface area contributed by atoms with Crippen molar-refractivity contribution in [2.45, 2.75) is 39.2 Å². The molecule has 2 aromatic heterocycles. The highest BCUT2D eigenvalue weighted by Crippen LogP contribution is 2.03. The highest BCUT2D eigenvalue weighted by atomic mass is 16.1. The Bertz CT molecular complexity index is 551. The molecular formula is C15H20N4O. The first-order valence-electron chi connectivity index (χ1n) is 6.83. The molecule has 0 saturated heterocycles. The van der Waals surface area contributed by atoms with Crippen LogP contribution in [-0.2, 0) is 17.6 Å². The lowest BCUT2D eigenvalue weighted by molar-refractivity contribution is -0.121. The number of hydrogen-bond acceptors (Lipinski definition) is 3. The van der Waals surface area contributed by atoms with Gasteiger partial charge in [0.05, 0.1) is 6.20 Å². The fourth-order valence-corrected chi connectivity index (χ4v) is 2.10. The van der Waals surface area contributed by atoms with E-state index in [0.29, 0.717) is 12.8 Å². The van der Waals surface area contributed by atoms with Gasteiger partial charge < -0.3 is 5.32 Å². The molecule has 0 radical (unpaired) electrons. The number of rotatable bonds is 6. The quantitative estimate of drug-likeness (QED) is 0.842. The van der Waals surface area contributed by atoms with Gasteiger partial charge in [0.25, 0.3) is 0 Å². The fourth-order valence-electron chi connectivity index (χ4n) is 2.10. The number of hydrogen-bond donors (Lipinski definition) is 2. The molecule has 0 bridgehead atoms. The van der Waals surface area contributed by atoms with E-state index in [1.807, 2.05) is 38.2 Å². The molecule has 2 N–H and O–H groups in total. The number of amides is 1. The van der Waals surface area contributed by atoms with Crippen LogP contribution in [0.25, 0.3) is 0 Å². The molecule has 2 heterocycles. The summed E-state index contributed by atoms with van der Waals surface area (Å²) in [5, 5.41) is 9.60. The van der Waals surface area contributed by atoms with Gasteiger partial charge >= 0.3 is 0 Å². The smallest absolute Gasteiger partial charge is 0.220 e. The van der Waals surface area contributed by atoms with Crippen molar-refractivity contribution < 1.29 is 4.79 Å². The second kappa shape index (κ2) is 6.84. The van der Waals surface area contributed by atoms with Gasteiger partial charge in [0.1, 0.15) is 0 Å². The Balaban J connectivity index is 1.76. The van der Waals surface area contributed by atoms with E-state index in [0.717, 1.165) is 23.4 Å². The van der Waals surface area contributed by atoms with Crippen LogP contribution in [0, 0.1) is 6.92 Å². The largest absolute Gasteiger partial charge is 0.353 e. The van der Waals surface area contributed by atoms with Crippen molar-refractivity contribution in [1.29, 1.82) is 0 Å². The minimum absolute atomic E-state index is 0.0614. The summed E-state index contributed by atoms with van der Waals surface area (Å²) in [6.45, 7) is 3.97. The molecular weight excluding hydrogens is 252 g/mol. The van der Waals surface area contributed by atoms with E-state index in [4.69, 9.17) is 0 Å². The molecule has 0 spiro atoms. The Morgan fingerprint density at radius 2 is 2.30 bits per heavy atom. The van der Waals surface area contributed by atoms with E-state index in [9.17, 15) is 4.79 Å². The molecule has 1 unspecified atom stereocenters. The van der Waals surface area contributed by atoms with Crippen molar-refractivity contribution in [3.63, 3.8) is 0 Å². The Morgan fingerprint density at radius 3 is 3.00 bits per heavy atom. The molecule has 2 rings (SSSR count). The van der Waals surface area contributed by atoms with Crippen LogP contribution < -0.4 is 5.32 Å². The number of carbonyl (C=O) groups excluding carboxylic acids is 1. The summed E-state index contributed by atoms with van der Waals surface area (Å²) in [7, 11) is 0. The van der Waals surface area contributed by atoms with Crippen LogP contribution in [0.2, 0.25) is 0 Å². The van der Waals surface area contributed by atoms with Gasteiger partial charge in [-0.05, 0) is 38.0 Å². The lowest BCUT2D eigenvalue weighted by atomic mass is 10.1. The maximum Gasteiger partial charge on any atom is 0.220 e. The van der Waals surface area contributed by atoms with E-state index in [-0.39, 0.29) is 11.9 Å². The van der Waals surface area contributed by atoms with Crippen LogP contribution in [-0.4, -0.2) is 27.1 Å². The molecule has 20 heavy (non-hydrogen) atoms. The zero-order valence-corrected chi connectivity index (χ0v) is 11.9. The molecule has 0 saturated carbocycles. The minimum atomic E-state index is 0.0614. The first-order chi connectivity index (χ1) is 9.63. The summed E-state index contributed by atoms with van der Waals surface area (Å²) in [5.41, 5.74) is 3.06. The van der Waals surface area contributed by atoms with Gasteiger partial charge in [-0.25, -0.2) is 0 Å². The van der Waals surface area contributed by atoms with Gasteiger partial charge in [-0.3, -0.25) is 14.9 Å². The molecule has 0 fully saturated rings. The number of aromatic amines is 1.